The van der Waals surface area contributed by atoms with E-state index in [1.165, 1.54) is 12.1 Å². The fraction of sp³-hybridized carbons (Fsp3) is 0.143. The summed E-state index contributed by atoms with van der Waals surface area (Å²) < 4.78 is 13.2. The van der Waals surface area contributed by atoms with Gasteiger partial charge in [-0.25, -0.2) is 9.37 Å². The number of pyridine rings is 1. The van der Waals surface area contributed by atoms with Crippen molar-refractivity contribution in [3.05, 3.63) is 54.1 Å². The maximum atomic E-state index is 13.2. The fourth-order valence-corrected chi connectivity index (χ4v) is 1.81. The van der Waals surface area contributed by atoms with E-state index in [4.69, 9.17) is 5.26 Å². The average molecular weight is 241 g/mol. The zero-order valence-electron chi connectivity index (χ0n) is 9.97. The highest BCUT2D eigenvalue weighted by Gasteiger charge is 2.08. The van der Waals surface area contributed by atoms with Crippen molar-refractivity contribution in [3.8, 4) is 6.07 Å². The van der Waals surface area contributed by atoms with E-state index in [1.807, 2.05) is 24.0 Å². The number of hydrogen-bond donors (Lipinski definition) is 0. The summed E-state index contributed by atoms with van der Waals surface area (Å²) in [7, 11) is 0. The standard InChI is InChI=1S/C14H12FN3/c1-2-18(13-5-3-4-11(15)8-13)14-6-7-17-12(9-14)10-16/h3-9H,2H2,1H3. The molecule has 0 aliphatic heterocycles. The van der Waals surface area contributed by atoms with Crippen LogP contribution in [0.25, 0.3) is 0 Å². The minimum Gasteiger partial charge on any atom is -0.342 e. The number of anilines is 2. The first-order valence-electron chi connectivity index (χ1n) is 5.64. The lowest BCUT2D eigenvalue weighted by Gasteiger charge is -2.23. The Hall–Kier alpha value is -2.41. The number of hydrogen-bond acceptors (Lipinski definition) is 3. The molecule has 0 atom stereocenters. The van der Waals surface area contributed by atoms with E-state index in [-0.39, 0.29) is 5.82 Å². The maximum Gasteiger partial charge on any atom is 0.142 e. The molecule has 3 nitrogen and oxygen atoms in total. The number of halogens is 1. The van der Waals surface area contributed by atoms with E-state index in [1.54, 1.807) is 24.4 Å². The molecule has 0 N–H and O–H groups in total. The van der Waals surface area contributed by atoms with Gasteiger partial charge in [0.15, 0.2) is 0 Å². The molecule has 1 heterocycles. The van der Waals surface area contributed by atoms with E-state index in [0.29, 0.717) is 12.2 Å². The third-order valence-corrected chi connectivity index (χ3v) is 2.61. The van der Waals surface area contributed by atoms with Crippen molar-refractivity contribution >= 4 is 11.4 Å². The topological polar surface area (TPSA) is 39.9 Å². The van der Waals surface area contributed by atoms with Crippen LogP contribution >= 0.6 is 0 Å². The van der Waals surface area contributed by atoms with Crippen molar-refractivity contribution in [2.75, 3.05) is 11.4 Å². The quantitative estimate of drug-likeness (QED) is 0.828. The molecule has 0 spiro atoms. The molecule has 0 saturated carbocycles. The second kappa shape index (κ2) is 5.28. The minimum absolute atomic E-state index is 0.277. The highest BCUT2D eigenvalue weighted by Crippen LogP contribution is 2.25. The predicted octanol–water partition coefficient (Wildman–Crippen LogP) is 3.25. The van der Waals surface area contributed by atoms with E-state index in [9.17, 15) is 4.39 Å². The van der Waals surface area contributed by atoms with Gasteiger partial charge in [-0.15, -0.1) is 0 Å². The number of nitriles is 1. The molecule has 0 amide bonds. The zero-order valence-corrected chi connectivity index (χ0v) is 9.97. The number of aromatic nitrogens is 1. The monoisotopic (exact) mass is 241 g/mol. The van der Waals surface area contributed by atoms with E-state index in [0.717, 1.165) is 11.4 Å². The smallest absolute Gasteiger partial charge is 0.142 e. The summed E-state index contributed by atoms with van der Waals surface area (Å²) >= 11 is 0. The van der Waals surface area contributed by atoms with Gasteiger partial charge in [0.2, 0.25) is 0 Å². The Morgan fingerprint density at radius 2 is 2.06 bits per heavy atom. The molecule has 1 aromatic carbocycles. The highest BCUT2D eigenvalue weighted by molar-refractivity contribution is 5.63. The van der Waals surface area contributed by atoms with Crippen molar-refractivity contribution in [1.29, 1.82) is 5.26 Å². The Kier molecular flexibility index (Phi) is 3.54. The van der Waals surface area contributed by atoms with Gasteiger partial charge in [-0.05, 0) is 37.3 Å². The van der Waals surface area contributed by atoms with E-state index >= 15 is 0 Å². The van der Waals surface area contributed by atoms with Gasteiger partial charge in [0.05, 0.1) is 0 Å². The SMILES string of the molecule is CCN(c1cccc(F)c1)c1ccnc(C#N)c1. The van der Waals surface area contributed by atoms with Gasteiger partial charge in [0.1, 0.15) is 17.6 Å². The first-order valence-corrected chi connectivity index (χ1v) is 5.64. The Morgan fingerprint density at radius 1 is 1.28 bits per heavy atom. The van der Waals surface area contributed by atoms with Crippen LogP contribution in [0.2, 0.25) is 0 Å². The second-order valence-electron chi connectivity index (χ2n) is 3.74. The molecule has 0 unspecified atom stereocenters. The van der Waals surface area contributed by atoms with Crippen LogP contribution in [0.15, 0.2) is 42.6 Å². The summed E-state index contributed by atoms with van der Waals surface area (Å²) in [4.78, 5) is 5.85. The summed E-state index contributed by atoms with van der Waals surface area (Å²) in [5.74, 6) is -0.277. The van der Waals surface area contributed by atoms with E-state index < -0.39 is 0 Å². The third kappa shape index (κ3) is 2.46. The van der Waals surface area contributed by atoms with E-state index in [2.05, 4.69) is 4.98 Å². The van der Waals surface area contributed by atoms with Crippen LogP contribution in [0.5, 0.6) is 0 Å². The number of nitrogens with zero attached hydrogens (tertiary/aromatic N) is 3. The molecular formula is C14H12FN3. The Balaban J connectivity index is 2.42. The Bertz CT molecular complexity index is 590. The minimum atomic E-state index is -0.277. The highest BCUT2D eigenvalue weighted by atomic mass is 19.1. The first-order chi connectivity index (χ1) is 8.74. The molecule has 90 valence electrons. The Morgan fingerprint density at radius 3 is 2.72 bits per heavy atom. The fourth-order valence-electron chi connectivity index (χ4n) is 1.81. The third-order valence-electron chi connectivity index (χ3n) is 2.61. The first kappa shape index (κ1) is 12.1. The van der Waals surface area contributed by atoms with Crippen LogP contribution in [-0.4, -0.2) is 11.5 Å². The number of rotatable bonds is 3. The molecule has 18 heavy (non-hydrogen) atoms. The summed E-state index contributed by atoms with van der Waals surface area (Å²) in [5, 5.41) is 8.84. The van der Waals surface area contributed by atoms with Crippen LogP contribution in [-0.2, 0) is 0 Å². The lowest BCUT2D eigenvalue weighted by atomic mass is 10.2. The number of benzene rings is 1. The Labute approximate surface area is 105 Å². The molecular weight excluding hydrogens is 229 g/mol. The van der Waals surface area contributed by atoms with Gasteiger partial charge in [-0.1, -0.05) is 6.07 Å². The summed E-state index contributed by atoms with van der Waals surface area (Å²) in [6.45, 7) is 2.65. The van der Waals surface area contributed by atoms with Gasteiger partial charge in [0, 0.05) is 24.1 Å². The van der Waals surface area contributed by atoms with Crippen molar-refractivity contribution in [3.63, 3.8) is 0 Å². The second-order valence-corrected chi connectivity index (χ2v) is 3.74. The lowest BCUT2D eigenvalue weighted by Crippen LogP contribution is -2.16. The largest absolute Gasteiger partial charge is 0.342 e. The molecule has 4 heteroatoms. The van der Waals surface area contributed by atoms with Crippen molar-refractivity contribution in [1.82, 2.24) is 4.98 Å². The molecule has 0 aliphatic rings. The molecule has 0 radical (unpaired) electrons. The van der Waals surface area contributed by atoms with Crippen LogP contribution in [0.4, 0.5) is 15.8 Å². The van der Waals surface area contributed by atoms with Gasteiger partial charge in [0.25, 0.3) is 0 Å². The van der Waals surface area contributed by atoms with Gasteiger partial charge in [-0.3, -0.25) is 0 Å². The van der Waals surface area contributed by atoms with Crippen LogP contribution < -0.4 is 4.90 Å². The average Bonchev–Trinajstić information content (AvgIpc) is 2.40. The summed E-state index contributed by atoms with van der Waals surface area (Å²) in [6, 6.07) is 11.9. The molecule has 0 aliphatic carbocycles. The van der Waals surface area contributed by atoms with Crippen LogP contribution in [0.1, 0.15) is 12.6 Å². The molecule has 2 aromatic rings. The predicted molar refractivity (Wildman–Crippen MR) is 68.0 cm³/mol. The molecule has 1 aromatic heterocycles. The lowest BCUT2D eigenvalue weighted by molar-refractivity contribution is 0.627. The summed E-state index contributed by atoms with van der Waals surface area (Å²) in [5.41, 5.74) is 1.93. The molecule has 0 fully saturated rings. The normalized spacial score (nSPS) is 9.83. The van der Waals surface area contributed by atoms with Gasteiger partial charge in [-0.2, -0.15) is 5.26 Å². The van der Waals surface area contributed by atoms with Crippen LogP contribution in [0.3, 0.4) is 0 Å². The maximum absolute atomic E-state index is 13.2. The summed E-state index contributed by atoms with van der Waals surface area (Å²) in [6.07, 6.45) is 1.58. The zero-order chi connectivity index (χ0) is 13.0. The van der Waals surface area contributed by atoms with Crippen molar-refractivity contribution < 1.29 is 4.39 Å². The van der Waals surface area contributed by atoms with Crippen molar-refractivity contribution in [2.24, 2.45) is 0 Å². The van der Waals surface area contributed by atoms with Gasteiger partial charge >= 0.3 is 0 Å². The van der Waals surface area contributed by atoms with Gasteiger partial charge < -0.3 is 4.90 Å². The molecule has 0 saturated heterocycles. The molecule has 2 rings (SSSR count). The molecule has 0 bridgehead atoms. The van der Waals surface area contributed by atoms with Crippen LogP contribution in [0, 0.1) is 17.1 Å². The van der Waals surface area contributed by atoms with Crippen molar-refractivity contribution in [2.45, 2.75) is 6.92 Å².